The highest BCUT2D eigenvalue weighted by molar-refractivity contribution is 9.10. The summed E-state index contributed by atoms with van der Waals surface area (Å²) in [6, 6.07) is 23.8. The summed E-state index contributed by atoms with van der Waals surface area (Å²) >= 11 is 3.47. The number of aryl methyl sites for hydroxylation is 1. The second-order valence-electron chi connectivity index (χ2n) is 6.15. The molecule has 0 aromatic heterocycles. The molecule has 0 aliphatic carbocycles. The highest BCUT2D eigenvalue weighted by Crippen LogP contribution is 2.36. The van der Waals surface area contributed by atoms with Crippen molar-refractivity contribution in [3.8, 4) is 0 Å². The van der Waals surface area contributed by atoms with E-state index in [-0.39, 0.29) is 12.1 Å². The van der Waals surface area contributed by atoms with Crippen molar-refractivity contribution in [2.24, 2.45) is 0 Å². The number of halogens is 1. The third-order valence-corrected chi connectivity index (χ3v) is 4.95. The molecule has 3 aromatic carbocycles. The predicted molar refractivity (Wildman–Crippen MR) is 105 cm³/mol. The van der Waals surface area contributed by atoms with Gasteiger partial charge in [-0.3, -0.25) is 9.69 Å². The van der Waals surface area contributed by atoms with Gasteiger partial charge in [-0.1, -0.05) is 57.9 Å². The Hall–Kier alpha value is -2.59. The van der Waals surface area contributed by atoms with Crippen LogP contribution in [-0.2, 0) is 0 Å². The number of amides is 1. The Morgan fingerprint density at radius 2 is 1.60 bits per heavy atom. The Balaban J connectivity index is 1.85. The highest BCUT2D eigenvalue weighted by atomic mass is 79.9. The van der Waals surface area contributed by atoms with Crippen molar-refractivity contribution in [1.29, 1.82) is 0 Å². The molecular weight excluding hydrogens is 376 g/mol. The fourth-order valence-electron chi connectivity index (χ4n) is 3.10. The molecule has 3 nitrogen and oxygen atoms in total. The molecule has 0 unspecified atom stereocenters. The summed E-state index contributed by atoms with van der Waals surface area (Å²) in [6.45, 7) is 2.04. The second kappa shape index (κ2) is 6.37. The smallest absolute Gasteiger partial charge is 0.262 e. The van der Waals surface area contributed by atoms with Crippen LogP contribution in [0.3, 0.4) is 0 Å². The number of hydrogen-bond donors (Lipinski definition) is 1. The Morgan fingerprint density at radius 3 is 2.32 bits per heavy atom. The Morgan fingerprint density at radius 1 is 0.920 bits per heavy atom. The molecule has 124 valence electrons. The number of rotatable bonds is 2. The first-order valence-electron chi connectivity index (χ1n) is 8.15. The lowest BCUT2D eigenvalue weighted by molar-refractivity contribution is 0.0975. The topological polar surface area (TPSA) is 32.3 Å². The van der Waals surface area contributed by atoms with Gasteiger partial charge in [-0.05, 0) is 48.9 Å². The standard InChI is InChI=1S/C21H17BrN2O/c1-14-6-12-17(13-7-14)24-20(15-8-10-16(22)11-9-15)23-19-5-3-2-4-18(19)21(24)25/h2-13,20,23H,1H3/t20-/m1/s1. The molecular formula is C21H17BrN2O. The first-order chi connectivity index (χ1) is 12.1. The number of carbonyl (C=O) groups is 1. The first kappa shape index (κ1) is 15.9. The molecule has 3 aromatic rings. The van der Waals surface area contributed by atoms with Gasteiger partial charge < -0.3 is 5.32 Å². The lowest BCUT2D eigenvalue weighted by Crippen LogP contribution is -2.43. The summed E-state index contributed by atoms with van der Waals surface area (Å²) in [7, 11) is 0. The van der Waals surface area contributed by atoms with Gasteiger partial charge >= 0.3 is 0 Å². The van der Waals surface area contributed by atoms with Crippen molar-refractivity contribution in [2.75, 3.05) is 10.2 Å². The van der Waals surface area contributed by atoms with Crippen LogP contribution >= 0.6 is 15.9 Å². The normalized spacial score (nSPS) is 16.3. The average Bonchev–Trinajstić information content (AvgIpc) is 2.63. The quantitative estimate of drug-likeness (QED) is 0.621. The minimum Gasteiger partial charge on any atom is -0.360 e. The Bertz CT molecular complexity index is 919. The van der Waals surface area contributed by atoms with Crippen LogP contribution in [0.4, 0.5) is 11.4 Å². The number of nitrogens with zero attached hydrogens (tertiary/aromatic N) is 1. The fourth-order valence-corrected chi connectivity index (χ4v) is 3.37. The monoisotopic (exact) mass is 392 g/mol. The van der Waals surface area contributed by atoms with Crippen LogP contribution in [0, 0.1) is 6.92 Å². The second-order valence-corrected chi connectivity index (χ2v) is 7.07. The molecule has 1 atom stereocenters. The Kier molecular flexibility index (Phi) is 4.06. The van der Waals surface area contributed by atoms with Gasteiger partial charge in [0.15, 0.2) is 0 Å². The predicted octanol–water partition coefficient (Wildman–Crippen LogP) is 5.53. The minimum atomic E-state index is -0.252. The maximum Gasteiger partial charge on any atom is 0.262 e. The maximum atomic E-state index is 13.2. The molecule has 0 radical (unpaired) electrons. The van der Waals surface area contributed by atoms with Crippen LogP contribution < -0.4 is 10.2 Å². The molecule has 1 aliphatic rings. The zero-order chi connectivity index (χ0) is 17.4. The first-order valence-corrected chi connectivity index (χ1v) is 8.94. The van der Waals surface area contributed by atoms with Gasteiger partial charge in [-0.25, -0.2) is 0 Å². The van der Waals surface area contributed by atoms with Crippen molar-refractivity contribution in [2.45, 2.75) is 13.1 Å². The van der Waals surface area contributed by atoms with Gasteiger partial charge in [0.25, 0.3) is 5.91 Å². The number of hydrogen-bond acceptors (Lipinski definition) is 2. The SMILES string of the molecule is Cc1ccc(N2C(=O)c3ccccc3N[C@H]2c2ccc(Br)cc2)cc1. The van der Waals surface area contributed by atoms with E-state index in [2.05, 4.69) is 21.2 Å². The van der Waals surface area contributed by atoms with Gasteiger partial charge in [-0.15, -0.1) is 0 Å². The number of fused-ring (bicyclic) bond motifs is 1. The van der Waals surface area contributed by atoms with Crippen LogP contribution in [0.2, 0.25) is 0 Å². The van der Waals surface area contributed by atoms with Crippen molar-refractivity contribution < 1.29 is 4.79 Å². The van der Waals surface area contributed by atoms with E-state index in [4.69, 9.17) is 0 Å². The van der Waals surface area contributed by atoms with Crippen molar-refractivity contribution >= 4 is 33.2 Å². The van der Waals surface area contributed by atoms with Gasteiger partial charge in [0, 0.05) is 15.8 Å². The molecule has 25 heavy (non-hydrogen) atoms. The Labute approximate surface area is 155 Å². The van der Waals surface area contributed by atoms with Crippen molar-refractivity contribution in [1.82, 2.24) is 0 Å². The van der Waals surface area contributed by atoms with Crippen molar-refractivity contribution in [3.63, 3.8) is 0 Å². The number of benzene rings is 3. The molecule has 1 amide bonds. The molecule has 1 N–H and O–H groups in total. The largest absolute Gasteiger partial charge is 0.360 e. The van der Waals surface area contributed by atoms with E-state index < -0.39 is 0 Å². The lowest BCUT2D eigenvalue weighted by Gasteiger charge is -2.38. The van der Waals surface area contributed by atoms with E-state index in [1.165, 1.54) is 5.56 Å². The van der Waals surface area contributed by atoms with E-state index in [0.29, 0.717) is 5.56 Å². The molecule has 0 saturated heterocycles. The summed E-state index contributed by atoms with van der Waals surface area (Å²) in [5, 5.41) is 3.52. The summed E-state index contributed by atoms with van der Waals surface area (Å²) < 4.78 is 1.01. The van der Waals surface area contributed by atoms with Gasteiger partial charge in [-0.2, -0.15) is 0 Å². The molecule has 0 bridgehead atoms. The van der Waals surface area contributed by atoms with Crippen LogP contribution in [0.25, 0.3) is 0 Å². The van der Waals surface area contributed by atoms with E-state index in [1.807, 2.05) is 84.6 Å². The van der Waals surface area contributed by atoms with E-state index >= 15 is 0 Å². The molecule has 4 rings (SSSR count). The van der Waals surface area contributed by atoms with E-state index in [9.17, 15) is 4.79 Å². The zero-order valence-corrected chi connectivity index (χ0v) is 15.3. The number of carbonyl (C=O) groups excluding carboxylic acids is 1. The summed E-state index contributed by atoms with van der Waals surface area (Å²) in [5.74, 6) is 0.00567. The number of nitrogens with one attached hydrogen (secondary N) is 1. The minimum absolute atomic E-state index is 0.00567. The maximum absolute atomic E-state index is 13.2. The van der Waals surface area contributed by atoms with E-state index in [0.717, 1.165) is 21.4 Å². The molecule has 0 fully saturated rings. The molecule has 4 heteroatoms. The highest BCUT2D eigenvalue weighted by Gasteiger charge is 2.33. The van der Waals surface area contributed by atoms with Crippen molar-refractivity contribution in [3.05, 3.63) is 94.0 Å². The van der Waals surface area contributed by atoms with Crippen LogP contribution in [-0.4, -0.2) is 5.91 Å². The molecule has 0 spiro atoms. The molecule has 1 aliphatic heterocycles. The summed E-state index contributed by atoms with van der Waals surface area (Å²) in [5.41, 5.74) is 4.64. The van der Waals surface area contributed by atoms with Gasteiger partial charge in [0.1, 0.15) is 6.17 Å². The molecule has 0 saturated carbocycles. The number of para-hydroxylation sites is 1. The fraction of sp³-hybridized carbons (Fsp3) is 0.0952. The van der Waals surface area contributed by atoms with E-state index in [1.54, 1.807) is 0 Å². The van der Waals surface area contributed by atoms with Gasteiger partial charge in [0.05, 0.1) is 5.56 Å². The number of anilines is 2. The van der Waals surface area contributed by atoms with Crippen LogP contribution in [0.1, 0.15) is 27.7 Å². The third-order valence-electron chi connectivity index (χ3n) is 4.42. The molecule has 1 heterocycles. The summed E-state index contributed by atoms with van der Waals surface area (Å²) in [4.78, 5) is 15.1. The van der Waals surface area contributed by atoms with Crippen LogP contribution in [0.15, 0.2) is 77.3 Å². The zero-order valence-electron chi connectivity index (χ0n) is 13.7. The lowest BCUT2D eigenvalue weighted by atomic mass is 10.0. The van der Waals surface area contributed by atoms with Gasteiger partial charge in [0.2, 0.25) is 0 Å². The average molecular weight is 393 g/mol. The third kappa shape index (κ3) is 2.94. The summed E-state index contributed by atoms with van der Waals surface area (Å²) in [6.07, 6.45) is -0.252. The van der Waals surface area contributed by atoms with Crippen LogP contribution in [0.5, 0.6) is 0 Å².